The fraction of sp³-hybridized carbons (Fsp3) is 0.273. The van der Waals surface area contributed by atoms with E-state index in [9.17, 15) is 18.0 Å². The van der Waals surface area contributed by atoms with Crippen LogP contribution in [-0.4, -0.2) is 18.6 Å². The fourth-order valence-corrected chi connectivity index (χ4v) is 2.17. The molecule has 0 fully saturated rings. The average molecular weight is 275 g/mol. The van der Waals surface area contributed by atoms with Crippen molar-refractivity contribution in [3.8, 4) is 6.07 Å². The molecule has 1 aromatic carbocycles. The third kappa shape index (κ3) is 3.40. The van der Waals surface area contributed by atoms with Crippen LogP contribution < -0.4 is 0 Å². The molecule has 0 unspecified atom stereocenters. The van der Waals surface area contributed by atoms with Crippen LogP contribution in [0.25, 0.3) is 0 Å². The Labute approximate surface area is 106 Å². The maximum atomic E-state index is 12.4. The van der Waals surface area contributed by atoms with Crippen LogP contribution in [0.2, 0.25) is 0 Å². The maximum Gasteiger partial charge on any atom is 0.446 e. The number of methoxy groups -OCH3 is 1. The van der Waals surface area contributed by atoms with Crippen LogP contribution in [0.15, 0.2) is 17.0 Å². The van der Waals surface area contributed by atoms with Crippen molar-refractivity contribution in [3.63, 3.8) is 0 Å². The minimum Gasteiger partial charge on any atom is -0.465 e. The van der Waals surface area contributed by atoms with Crippen molar-refractivity contribution in [1.29, 1.82) is 5.26 Å². The predicted molar refractivity (Wildman–Crippen MR) is 59.1 cm³/mol. The van der Waals surface area contributed by atoms with E-state index >= 15 is 0 Å². The molecule has 1 aromatic rings. The second-order valence-corrected chi connectivity index (χ2v) is 4.42. The Bertz CT molecular complexity index is 520. The van der Waals surface area contributed by atoms with E-state index in [4.69, 9.17) is 5.26 Å². The third-order valence-corrected chi connectivity index (χ3v) is 2.82. The second kappa shape index (κ2) is 5.31. The molecular formula is C11H8F3NO2S. The number of halogens is 3. The molecule has 0 aromatic heterocycles. The van der Waals surface area contributed by atoms with Crippen LogP contribution in [0.5, 0.6) is 0 Å². The molecule has 0 aliphatic carbocycles. The molecule has 96 valence electrons. The monoisotopic (exact) mass is 275 g/mol. The summed E-state index contributed by atoms with van der Waals surface area (Å²) in [5.41, 5.74) is -4.37. The summed E-state index contributed by atoms with van der Waals surface area (Å²) in [4.78, 5) is 11.1. The summed E-state index contributed by atoms with van der Waals surface area (Å²) in [6.07, 6.45) is 0. The Kier molecular flexibility index (Phi) is 4.24. The van der Waals surface area contributed by atoms with Crippen LogP contribution in [0.1, 0.15) is 21.5 Å². The van der Waals surface area contributed by atoms with Gasteiger partial charge in [0, 0.05) is 4.90 Å². The molecule has 0 amide bonds. The number of benzene rings is 1. The van der Waals surface area contributed by atoms with E-state index in [1.54, 1.807) is 6.07 Å². The molecule has 0 aliphatic heterocycles. The van der Waals surface area contributed by atoms with Gasteiger partial charge < -0.3 is 4.74 Å². The molecule has 0 aliphatic rings. The number of aryl methyl sites for hydroxylation is 1. The molecule has 0 bridgehead atoms. The summed E-state index contributed by atoms with van der Waals surface area (Å²) in [5, 5.41) is 8.71. The van der Waals surface area contributed by atoms with Crippen LogP contribution in [0, 0.1) is 18.3 Å². The molecule has 0 spiro atoms. The first-order valence-electron chi connectivity index (χ1n) is 4.67. The highest BCUT2D eigenvalue weighted by atomic mass is 32.2. The molecule has 0 radical (unpaired) electrons. The second-order valence-electron chi connectivity index (χ2n) is 3.32. The molecule has 0 saturated heterocycles. The Balaban J connectivity index is 3.39. The van der Waals surface area contributed by atoms with Gasteiger partial charge in [-0.1, -0.05) is 0 Å². The number of carbonyl (C=O) groups is 1. The number of ether oxygens (including phenoxy) is 1. The lowest BCUT2D eigenvalue weighted by Gasteiger charge is -2.12. The summed E-state index contributed by atoms with van der Waals surface area (Å²) in [5.74, 6) is -0.858. The number of carbonyl (C=O) groups excluding carboxylic acids is 1. The SMILES string of the molecule is COC(=O)c1c(C)cc(C#N)cc1SC(F)(F)F. The van der Waals surface area contributed by atoms with E-state index in [0.717, 1.165) is 13.2 Å². The first-order valence-corrected chi connectivity index (χ1v) is 5.49. The van der Waals surface area contributed by atoms with Gasteiger partial charge in [-0.2, -0.15) is 18.4 Å². The minimum absolute atomic E-state index is 0.0619. The van der Waals surface area contributed by atoms with Crippen molar-refractivity contribution in [2.75, 3.05) is 7.11 Å². The van der Waals surface area contributed by atoms with Crippen molar-refractivity contribution in [2.45, 2.75) is 17.3 Å². The van der Waals surface area contributed by atoms with Gasteiger partial charge in [0.2, 0.25) is 0 Å². The maximum absolute atomic E-state index is 12.4. The number of rotatable bonds is 2. The quantitative estimate of drug-likeness (QED) is 0.614. The Morgan fingerprint density at radius 1 is 1.44 bits per heavy atom. The molecule has 18 heavy (non-hydrogen) atoms. The lowest BCUT2D eigenvalue weighted by Crippen LogP contribution is -2.09. The van der Waals surface area contributed by atoms with Crippen molar-refractivity contribution >= 4 is 17.7 Å². The number of nitrogens with zero attached hydrogens (tertiary/aromatic N) is 1. The van der Waals surface area contributed by atoms with Gasteiger partial charge in [-0.05, 0) is 36.4 Å². The van der Waals surface area contributed by atoms with Crippen molar-refractivity contribution in [3.05, 3.63) is 28.8 Å². The van der Waals surface area contributed by atoms with E-state index in [0.29, 0.717) is 0 Å². The molecule has 7 heteroatoms. The minimum atomic E-state index is -4.54. The lowest BCUT2D eigenvalue weighted by atomic mass is 10.1. The van der Waals surface area contributed by atoms with E-state index in [2.05, 4.69) is 4.74 Å². The summed E-state index contributed by atoms with van der Waals surface area (Å²) in [6, 6.07) is 4.11. The van der Waals surface area contributed by atoms with Crippen LogP contribution in [0.3, 0.4) is 0 Å². The summed E-state index contributed by atoms with van der Waals surface area (Å²) < 4.78 is 41.6. The summed E-state index contributed by atoms with van der Waals surface area (Å²) in [6.45, 7) is 1.45. The molecule has 0 saturated carbocycles. The number of hydrogen-bond acceptors (Lipinski definition) is 4. The van der Waals surface area contributed by atoms with Crippen LogP contribution in [0.4, 0.5) is 13.2 Å². The average Bonchev–Trinajstić information content (AvgIpc) is 2.25. The zero-order valence-corrected chi connectivity index (χ0v) is 10.3. The predicted octanol–water partition coefficient (Wildman–Crippen LogP) is 3.27. The number of hydrogen-bond donors (Lipinski definition) is 0. The van der Waals surface area contributed by atoms with E-state index in [-0.39, 0.29) is 21.6 Å². The zero-order chi connectivity index (χ0) is 13.9. The van der Waals surface area contributed by atoms with Crippen molar-refractivity contribution in [2.24, 2.45) is 0 Å². The van der Waals surface area contributed by atoms with Gasteiger partial charge in [0.15, 0.2) is 0 Å². The topological polar surface area (TPSA) is 50.1 Å². The van der Waals surface area contributed by atoms with Gasteiger partial charge in [0.05, 0.1) is 24.3 Å². The van der Waals surface area contributed by atoms with Crippen LogP contribution >= 0.6 is 11.8 Å². The third-order valence-electron chi connectivity index (χ3n) is 2.04. The smallest absolute Gasteiger partial charge is 0.446 e. The highest BCUT2D eigenvalue weighted by molar-refractivity contribution is 8.00. The van der Waals surface area contributed by atoms with E-state index in [1.165, 1.54) is 13.0 Å². The first kappa shape index (κ1) is 14.4. The largest absolute Gasteiger partial charge is 0.465 e. The standard InChI is InChI=1S/C11H8F3NO2S/c1-6-3-7(5-15)4-8(18-11(12,13)14)9(6)10(16)17-2/h3-4H,1-2H3. The first-order chi connectivity index (χ1) is 8.28. The summed E-state index contributed by atoms with van der Waals surface area (Å²) >= 11 is -0.437. The van der Waals surface area contributed by atoms with Crippen molar-refractivity contribution < 1.29 is 22.7 Å². The van der Waals surface area contributed by atoms with Gasteiger partial charge in [-0.25, -0.2) is 4.79 Å². The molecule has 3 nitrogen and oxygen atoms in total. The molecule has 0 N–H and O–H groups in total. The molecule has 0 heterocycles. The van der Waals surface area contributed by atoms with Crippen molar-refractivity contribution in [1.82, 2.24) is 0 Å². The highest BCUT2D eigenvalue weighted by Gasteiger charge is 2.32. The molecule has 0 atom stereocenters. The number of nitriles is 1. The number of esters is 1. The van der Waals surface area contributed by atoms with Gasteiger partial charge in [-0.3, -0.25) is 0 Å². The lowest BCUT2D eigenvalue weighted by molar-refractivity contribution is -0.0328. The van der Waals surface area contributed by atoms with Crippen LogP contribution in [-0.2, 0) is 4.74 Å². The number of thioether (sulfide) groups is 1. The summed E-state index contributed by atoms with van der Waals surface area (Å²) in [7, 11) is 1.09. The van der Waals surface area contributed by atoms with E-state index < -0.39 is 23.2 Å². The van der Waals surface area contributed by atoms with Gasteiger partial charge >= 0.3 is 11.5 Å². The Hall–Kier alpha value is -1.68. The van der Waals surface area contributed by atoms with E-state index in [1.807, 2.05) is 0 Å². The highest BCUT2D eigenvalue weighted by Crippen LogP contribution is 2.40. The van der Waals surface area contributed by atoms with Gasteiger partial charge in [0.25, 0.3) is 0 Å². The fourth-order valence-electron chi connectivity index (χ4n) is 1.39. The Morgan fingerprint density at radius 2 is 2.06 bits per heavy atom. The van der Waals surface area contributed by atoms with Gasteiger partial charge in [0.1, 0.15) is 0 Å². The molecule has 1 rings (SSSR count). The zero-order valence-electron chi connectivity index (χ0n) is 9.46. The normalized spacial score (nSPS) is 10.9. The Morgan fingerprint density at radius 3 is 2.50 bits per heavy atom. The molecular weight excluding hydrogens is 267 g/mol. The number of alkyl halides is 3. The van der Waals surface area contributed by atoms with Gasteiger partial charge in [-0.15, -0.1) is 0 Å².